The number of hydrogen-bond donors (Lipinski definition) is 1. The van der Waals surface area contributed by atoms with E-state index >= 15 is 0 Å². The van der Waals surface area contributed by atoms with Crippen LogP contribution in [0.1, 0.15) is 28.8 Å². The highest BCUT2D eigenvalue weighted by molar-refractivity contribution is 6.30. The van der Waals surface area contributed by atoms with Gasteiger partial charge >= 0.3 is 5.97 Å². The lowest BCUT2D eigenvalue weighted by molar-refractivity contribution is -0.119. The van der Waals surface area contributed by atoms with Gasteiger partial charge in [-0.15, -0.1) is 0 Å². The molecule has 1 aliphatic rings. The van der Waals surface area contributed by atoms with Crippen LogP contribution in [0.4, 0.5) is 5.69 Å². The van der Waals surface area contributed by atoms with Gasteiger partial charge in [-0.25, -0.2) is 4.79 Å². The Morgan fingerprint density at radius 1 is 1.21 bits per heavy atom. The van der Waals surface area contributed by atoms with Crippen molar-refractivity contribution in [1.29, 1.82) is 0 Å². The van der Waals surface area contributed by atoms with Crippen LogP contribution in [0.3, 0.4) is 0 Å². The number of esters is 1. The molecule has 0 aromatic heterocycles. The summed E-state index contributed by atoms with van der Waals surface area (Å²) in [5, 5.41) is 3.28. The molecule has 6 nitrogen and oxygen atoms in total. The van der Waals surface area contributed by atoms with Crippen LogP contribution in [0.25, 0.3) is 0 Å². The minimum Gasteiger partial charge on any atom is -0.491 e. The highest BCUT2D eigenvalue weighted by atomic mass is 35.5. The van der Waals surface area contributed by atoms with Crippen molar-refractivity contribution in [2.75, 3.05) is 25.1 Å². The molecule has 148 valence electrons. The van der Waals surface area contributed by atoms with Crippen molar-refractivity contribution >= 4 is 29.2 Å². The molecule has 2 aromatic carbocycles. The molecule has 0 radical (unpaired) electrons. The summed E-state index contributed by atoms with van der Waals surface area (Å²) in [6.07, 6.45) is 2.19. The molecule has 1 atom stereocenters. The number of aryl methyl sites for hydroxylation is 1. The summed E-state index contributed by atoms with van der Waals surface area (Å²) < 4.78 is 16.2. The highest BCUT2D eigenvalue weighted by Gasteiger charge is 2.16. The Kier molecular flexibility index (Phi) is 6.90. The first-order valence-corrected chi connectivity index (χ1v) is 9.46. The van der Waals surface area contributed by atoms with Gasteiger partial charge in [-0.2, -0.15) is 0 Å². The number of anilines is 1. The van der Waals surface area contributed by atoms with E-state index in [0.717, 1.165) is 25.0 Å². The Morgan fingerprint density at radius 2 is 2.00 bits per heavy atom. The number of carbonyl (C=O) groups is 2. The normalized spacial score (nSPS) is 15.9. The van der Waals surface area contributed by atoms with Crippen molar-refractivity contribution < 1.29 is 23.8 Å². The second-order valence-electron chi connectivity index (χ2n) is 6.55. The maximum Gasteiger partial charge on any atom is 0.338 e. The zero-order valence-corrected chi connectivity index (χ0v) is 16.3. The second-order valence-corrected chi connectivity index (χ2v) is 6.99. The van der Waals surface area contributed by atoms with E-state index in [4.69, 9.17) is 25.8 Å². The zero-order valence-electron chi connectivity index (χ0n) is 15.6. The van der Waals surface area contributed by atoms with Gasteiger partial charge < -0.3 is 19.5 Å². The van der Waals surface area contributed by atoms with Crippen LogP contribution in [0.15, 0.2) is 42.5 Å². The first-order valence-electron chi connectivity index (χ1n) is 9.09. The molecule has 1 N–H and O–H groups in total. The molecule has 1 amide bonds. The molecule has 1 unspecified atom stereocenters. The van der Waals surface area contributed by atoms with Crippen molar-refractivity contribution in [3.8, 4) is 5.75 Å². The molecule has 1 fully saturated rings. The summed E-state index contributed by atoms with van der Waals surface area (Å²) in [5.41, 5.74) is 1.80. The molecular weight excluding hydrogens is 382 g/mol. The Labute approximate surface area is 168 Å². The molecule has 3 rings (SSSR count). The van der Waals surface area contributed by atoms with Gasteiger partial charge in [0.05, 0.1) is 11.7 Å². The predicted molar refractivity (Wildman–Crippen MR) is 106 cm³/mol. The van der Waals surface area contributed by atoms with E-state index in [1.165, 1.54) is 0 Å². The third-order valence-corrected chi connectivity index (χ3v) is 4.58. The van der Waals surface area contributed by atoms with Crippen molar-refractivity contribution in [3.63, 3.8) is 0 Å². The van der Waals surface area contributed by atoms with Gasteiger partial charge in [-0.1, -0.05) is 11.6 Å². The minimum atomic E-state index is -0.575. The monoisotopic (exact) mass is 403 g/mol. The number of nitrogens with one attached hydrogen (secondary N) is 1. The fourth-order valence-electron chi connectivity index (χ4n) is 2.82. The molecule has 28 heavy (non-hydrogen) atoms. The average Bonchev–Trinajstić information content (AvgIpc) is 3.21. The van der Waals surface area contributed by atoms with Gasteiger partial charge in [0.2, 0.25) is 0 Å². The van der Waals surface area contributed by atoms with E-state index in [1.54, 1.807) is 42.5 Å². The van der Waals surface area contributed by atoms with E-state index in [0.29, 0.717) is 28.6 Å². The third kappa shape index (κ3) is 5.71. The SMILES string of the molecule is Cc1cc(Cl)ccc1NC(=O)COC(=O)c1ccc(OCC2CCCO2)cc1. The Morgan fingerprint density at radius 3 is 2.68 bits per heavy atom. The van der Waals surface area contributed by atoms with Gasteiger partial charge in [0, 0.05) is 17.3 Å². The molecule has 7 heteroatoms. The van der Waals surface area contributed by atoms with Gasteiger partial charge in [0.1, 0.15) is 12.4 Å². The van der Waals surface area contributed by atoms with E-state index < -0.39 is 11.9 Å². The molecule has 0 saturated carbocycles. The summed E-state index contributed by atoms with van der Waals surface area (Å²) in [6.45, 7) is 2.73. The number of benzene rings is 2. The lowest BCUT2D eigenvalue weighted by Gasteiger charge is -2.12. The van der Waals surface area contributed by atoms with Crippen molar-refractivity contribution in [2.45, 2.75) is 25.9 Å². The number of rotatable bonds is 7. The summed E-state index contributed by atoms with van der Waals surface area (Å²) in [5.74, 6) is -0.341. The van der Waals surface area contributed by atoms with E-state index in [2.05, 4.69) is 5.32 Å². The topological polar surface area (TPSA) is 73.9 Å². The Bertz CT molecular complexity index is 831. The number of hydrogen-bond acceptors (Lipinski definition) is 5. The molecule has 0 bridgehead atoms. The Balaban J connectivity index is 1.45. The fourth-order valence-corrected chi connectivity index (χ4v) is 3.05. The lowest BCUT2D eigenvalue weighted by Crippen LogP contribution is -2.21. The molecule has 0 spiro atoms. The summed E-state index contributed by atoms with van der Waals surface area (Å²) in [4.78, 5) is 24.1. The number of halogens is 1. The van der Waals surface area contributed by atoms with Crippen LogP contribution in [0, 0.1) is 6.92 Å². The van der Waals surface area contributed by atoms with E-state index in [9.17, 15) is 9.59 Å². The Hall–Kier alpha value is -2.57. The van der Waals surface area contributed by atoms with Gasteiger partial charge in [-0.3, -0.25) is 4.79 Å². The highest BCUT2D eigenvalue weighted by Crippen LogP contribution is 2.20. The van der Waals surface area contributed by atoms with Crippen molar-refractivity contribution in [2.24, 2.45) is 0 Å². The number of carbonyl (C=O) groups excluding carboxylic acids is 2. The second kappa shape index (κ2) is 9.57. The largest absolute Gasteiger partial charge is 0.491 e. The quantitative estimate of drug-likeness (QED) is 0.707. The lowest BCUT2D eigenvalue weighted by atomic mass is 10.2. The first kappa shape index (κ1) is 20.2. The van der Waals surface area contributed by atoms with Gasteiger partial charge in [0.15, 0.2) is 6.61 Å². The standard InChI is InChI=1S/C21H22ClNO5/c1-14-11-16(22)6-9-19(14)23-20(24)13-28-21(25)15-4-7-17(8-5-15)27-12-18-3-2-10-26-18/h4-9,11,18H,2-3,10,12-13H2,1H3,(H,23,24). The third-order valence-electron chi connectivity index (χ3n) is 4.35. The van der Waals surface area contributed by atoms with Crippen LogP contribution in [-0.2, 0) is 14.3 Å². The number of amides is 1. The molecular formula is C21H22ClNO5. The summed E-state index contributed by atoms with van der Waals surface area (Å²) >= 11 is 5.89. The van der Waals surface area contributed by atoms with Crippen LogP contribution in [-0.4, -0.2) is 37.8 Å². The van der Waals surface area contributed by atoms with Crippen molar-refractivity contribution in [1.82, 2.24) is 0 Å². The maximum absolute atomic E-state index is 12.1. The maximum atomic E-state index is 12.1. The van der Waals surface area contributed by atoms with Crippen molar-refractivity contribution in [3.05, 3.63) is 58.6 Å². The fraction of sp³-hybridized carbons (Fsp3) is 0.333. The molecule has 1 heterocycles. The summed E-state index contributed by atoms with van der Waals surface area (Å²) in [6, 6.07) is 11.7. The van der Waals surface area contributed by atoms with Crippen LogP contribution in [0.5, 0.6) is 5.75 Å². The van der Waals surface area contributed by atoms with E-state index in [1.807, 2.05) is 6.92 Å². The molecule has 0 aliphatic carbocycles. The first-order chi connectivity index (χ1) is 13.5. The number of ether oxygens (including phenoxy) is 3. The van der Waals surface area contributed by atoms with Crippen LogP contribution in [0.2, 0.25) is 5.02 Å². The minimum absolute atomic E-state index is 0.132. The summed E-state index contributed by atoms with van der Waals surface area (Å²) in [7, 11) is 0. The van der Waals surface area contributed by atoms with Crippen LogP contribution >= 0.6 is 11.6 Å². The molecule has 1 saturated heterocycles. The molecule has 2 aromatic rings. The zero-order chi connectivity index (χ0) is 19.9. The van der Waals surface area contributed by atoms with E-state index in [-0.39, 0.29) is 12.7 Å². The molecule has 1 aliphatic heterocycles. The average molecular weight is 404 g/mol. The van der Waals surface area contributed by atoms with Gasteiger partial charge in [0.25, 0.3) is 5.91 Å². The predicted octanol–water partition coefficient (Wildman–Crippen LogP) is 4.00. The van der Waals surface area contributed by atoms with Crippen LogP contribution < -0.4 is 10.1 Å². The smallest absolute Gasteiger partial charge is 0.338 e. The van der Waals surface area contributed by atoms with Gasteiger partial charge in [-0.05, 0) is 67.8 Å².